The maximum Gasteiger partial charge on any atom is 0.334 e. The minimum Gasteiger partial charge on any atom is -0.466 e. The maximum absolute atomic E-state index is 11.7. The first-order chi connectivity index (χ1) is 10.0. The zero-order valence-electron chi connectivity index (χ0n) is 12.0. The second kappa shape index (κ2) is 5.91. The van der Waals surface area contributed by atoms with Gasteiger partial charge < -0.3 is 4.74 Å². The largest absolute Gasteiger partial charge is 0.466 e. The molecule has 110 valence electrons. The van der Waals surface area contributed by atoms with E-state index in [1.165, 1.54) is 7.11 Å². The monoisotopic (exact) mass is 287 g/mol. The van der Waals surface area contributed by atoms with Crippen LogP contribution in [0.2, 0.25) is 0 Å². The summed E-state index contributed by atoms with van der Waals surface area (Å²) in [5.41, 5.74) is 0.508. The highest BCUT2D eigenvalue weighted by molar-refractivity contribution is 5.91. The van der Waals surface area contributed by atoms with Crippen molar-refractivity contribution in [3.63, 3.8) is 0 Å². The van der Waals surface area contributed by atoms with Crippen LogP contribution in [0.1, 0.15) is 25.3 Å². The first-order valence-electron chi connectivity index (χ1n) is 6.74. The van der Waals surface area contributed by atoms with E-state index in [1.54, 1.807) is 19.1 Å². The Morgan fingerprint density at radius 3 is 2.62 bits per heavy atom. The maximum atomic E-state index is 11.7. The summed E-state index contributed by atoms with van der Waals surface area (Å²) >= 11 is 0. The third kappa shape index (κ3) is 2.72. The zero-order chi connectivity index (χ0) is 15.5. The second-order valence-corrected chi connectivity index (χ2v) is 4.99. The van der Waals surface area contributed by atoms with Crippen LogP contribution in [0.5, 0.6) is 0 Å². The number of benzene rings is 1. The van der Waals surface area contributed by atoms with Gasteiger partial charge in [-0.15, -0.1) is 0 Å². The number of esters is 1. The van der Waals surface area contributed by atoms with Crippen molar-refractivity contribution in [1.29, 1.82) is 0 Å². The van der Waals surface area contributed by atoms with Crippen molar-refractivity contribution in [3.8, 4) is 0 Å². The van der Waals surface area contributed by atoms with E-state index < -0.39 is 11.5 Å². The molecule has 1 aliphatic rings. The van der Waals surface area contributed by atoms with Gasteiger partial charge in [-0.1, -0.05) is 37.3 Å². The molecule has 0 aromatic heterocycles. The normalized spacial score (nSPS) is 23.0. The average Bonchev–Trinajstić information content (AvgIpc) is 2.87. The van der Waals surface area contributed by atoms with Crippen molar-refractivity contribution < 1.29 is 14.5 Å². The van der Waals surface area contributed by atoms with Crippen LogP contribution in [-0.4, -0.2) is 23.5 Å². The molecule has 1 aliphatic carbocycles. The fourth-order valence-electron chi connectivity index (χ4n) is 2.59. The molecule has 0 N–H and O–H groups in total. The van der Waals surface area contributed by atoms with Gasteiger partial charge in [-0.05, 0) is 17.7 Å². The Morgan fingerprint density at radius 2 is 2.10 bits per heavy atom. The average molecular weight is 287 g/mol. The van der Waals surface area contributed by atoms with E-state index in [0.717, 1.165) is 5.56 Å². The highest BCUT2D eigenvalue weighted by Crippen LogP contribution is 2.40. The standard InChI is InChI=1S/C16H17NO4/c1-3-16(17(19)20)11-13(15(18)21-2)10-14(16)9-12-7-5-4-6-8-12/h4-10H,3,11H2,1-2H3/b14-9-. The lowest BCUT2D eigenvalue weighted by Crippen LogP contribution is -2.37. The molecule has 5 nitrogen and oxygen atoms in total. The Labute approximate surface area is 123 Å². The van der Waals surface area contributed by atoms with Crippen LogP contribution in [0, 0.1) is 10.1 Å². The van der Waals surface area contributed by atoms with Crippen molar-refractivity contribution in [3.05, 3.63) is 63.2 Å². The number of nitrogens with zero attached hydrogens (tertiary/aromatic N) is 1. The Balaban J connectivity index is 2.50. The number of rotatable bonds is 4. The summed E-state index contributed by atoms with van der Waals surface area (Å²) in [6.45, 7) is 1.76. The van der Waals surface area contributed by atoms with Gasteiger partial charge in [0.15, 0.2) is 0 Å². The molecule has 0 saturated heterocycles. The van der Waals surface area contributed by atoms with E-state index in [0.29, 0.717) is 17.6 Å². The molecule has 0 aliphatic heterocycles. The zero-order valence-corrected chi connectivity index (χ0v) is 12.0. The Bertz CT molecular complexity index is 618. The van der Waals surface area contributed by atoms with E-state index in [4.69, 9.17) is 4.74 Å². The summed E-state index contributed by atoms with van der Waals surface area (Å²) in [7, 11) is 1.28. The molecule has 0 spiro atoms. The fourth-order valence-corrected chi connectivity index (χ4v) is 2.59. The van der Waals surface area contributed by atoms with Gasteiger partial charge in [0.2, 0.25) is 0 Å². The molecule has 5 heteroatoms. The molecular weight excluding hydrogens is 270 g/mol. The molecule has 0 fully saturated rings. The number of carbonyl (C=O) groups is 1. The van der Waals surface area contributed by atoms with Crippen LogP contribution >= 0.6 is 0 Å². The molecule has 0 bridgehead atoms. The number of methoxy groups -OCH3 is 1. The lowest BCUT2D eigenvalue weighted by atomic mass is 9.87. The molecule has 2 rings (SSSR count). The molecular formula is C16H17NO4. The lowest BCUT2D eigenvalue weighted by Gasteiger charge is -2.20. The Kier molecular flexibility index (Phi) is 4.21. The summed E-state index contributed by atoms with van der Waals surface area (Å²) in [6, 6.07) is 9.36. The van der Waals surface area contributed by atoms with Gasteiger partial charge in [-0.2, -0.15) is 0 Å². The number of ether oxygens (including phenoxy) is 1. The molecule has 1 aromatic rings. The van der Waals surface area contributed by atoms with Gasteiger partial charge in [0.05, 0.1) is 13.5 Å². The third-order valence-corrected chi connectivity index (χ3v) is 3.85. The molecule has 1 atom stereocenters. The predicted octanol–water partition coefficient (Wildman–Crippen LogP) is 3.00. The highest BCUT2D eigenvalue weighted by Gasteiger charge is 2.50. The Hall–Kier alpha value is -2.43. The quantitative estimate of drug-likeness (QED) is 0.485. The number of hydrogen-bond donors (Lipinski definition) is 0. The smallest absolute Gasteiger partial charge is 0.334 e. The van der Waals surface area contributed by atoms with Crippen LogP contribution in [0.3, 0.4) is 0 Å². The van der Waals surface area contributed by atoms with Crippen LogP contribution in [0.25, 0.3) is 6.08 Å². The topological polar surface area (TPSA) is 69.4 Å². The lowest BCUT2D eigenvalue weighted by molar-refractivity contribution is -0.556. The van der Waals surface area contributed by atoms with Gasteiger partial charge in [-0.25, -0.2) is 4.79 Å². The van der Waals surface area contributed by atoms with E-state index >= 15 is 0 Å². The van der Waals surface area contributed by atoms with Gasteiger partial charge in [0, 0.05) is 22.5 Å². The minimum atomic E-state index is -1.25. The van der Waals surface area contributed by atoms with Gasteiger partial charge in [0.1, 0.15) is 0 Å². The van der Waals surface area contributed by atoms with Crippen LogP contribution in [-0.2, 0) is 9.53 Å². The SMILES string of the molecule is CCC1([N+](=O)[O-])CC(C(=O)OC)=C/C1=C/c1ccccc1. The summed E-state index contributed by atoms with van der Waals surface area (Å²) in [6.07, 6.45) is 3.74. The summed E-state index contributed by atoms with van der Waals surface area (Å²) < 4.78 is 4.69. The Morgan fingerprint density at radius 1 is 1.43 bits per heavy atom. The van der Waals surface area contributed by atoms with E-state index in [1.807, 2.05) is 30.3 Å². The van der Waals surface area contributed by atoms with Crippen molar-refractivity contribution in [2.45, 2.75) is 25.3 Å². The molecule has 0 heterocycles. The number of carbonyl (C=O) groups excluding carboxylic acids is 1. The van der Waals surface area contributed by atoms with Gasteiger partial charge in [0.25, 0.3) is 5.54 Å². The van der Waals surface area contributed by atoms with Gasteiger partial charge >= 0.3 is 5.97 Å². The fraction of sp³-hybridized carbons (Fsp3) is 0.312. The summed E-state index contributed by atoms with van der Waals surface area (Å²) in [5.74, 6) is -0.508. The third-order valence-electron chi connectivity index (χ3n) is 3.85. The molecule has 1 aromatic carbocycles. The molecule has 0 amide bonds. The van der Waals surface area contributed by atoms with Crippen molar-refractivity contribution >= 4 is 12.0 Å². The minimum absolute atomic E-state index is 0.0713. The first-order valence-corrected chi connectivity index (χ1v) is 6.74. The summed E-state index contributed by atoms with van der Waals surface area (Å²) in [4.78, 5) is 23.0. The predicted molar refractivity (Wildman–Crippen MR) is 79.2 cm³/mol. The number of nitro groups is 1. The van der Waals surface area contributed by atoms with Crippen LogP contribution in [0.4, 0.5) is 0 Å². The second-order valence-electron chi connectivity index (χ2n) is 4.99. The van der Waals surface area contributed by atoms with Crippen LogP contribution in [0.15, 0.2) is 47.6 Å². The first kappa shape index (κ1) is 15.0. The summed E-state index contributed by atoms with van der Waals surface area (Å²) in [5, 5.41) is 11.6. The van der Waals surface area contributed by atoms with Crippen molar-refractivity contribution in [2.75, 3.05) is 7.11 Å². The van der Waals surface area contributed by atoms with E-state index in [-0.39, 0.29) is 11.3 Å². The molecule has 21 heavy (non-hydrogen) atoms. The van der Waals surface area contributed by atoms with Crippen LogP contribution < -0.4 is 0 Å². The molecule has 0 radical (unpaired) electrons. The van der Waals surface area contributed by atoms with E-state index in [9.17, 15) is 14.9 Å². The number of hydrogen-bond acceptors (Lipinski definition) is 4. The van der Waals surface area contributed by atoms with E-state index in [2.05, 4.69) is 0 Å². The van der Waals surface area contributed by atoms with Crippen molar-refractivity contribution in [2.24, 2.45) is 0 Å². The molecule has 0 saturated carbocycles. The molecule has 1 unspecified atom stereocenters. The van der Waals surface area contributed by atoms with Gasteiger partial charge in [-0.3, -0.25) is 10.1 Å². The van der Waals surface area contributed by atoms with Crippen molar-refractivity contribution in [1.82, 2.24) is 0 Å². The highest BCUT2D eigenvalue weighted by atomic mass is 16.6.